The Bertz CT molecular complexity index is 1590. The first kappa shape index (κ1) is 24.8. The highest BCUT2D eigenvalue weighted by molar-refractivity contribution is 7.90. The number of fused-ring (bicyclic) bond motifs is 2. The Morgan fingerprint density at radius 1 is 0.778 bits per heavy atom. The van der Waals surface area contributed by atoms with Gasteiger partial charge in [0.15, 0.2) is 0 Å². The molecule has 5 rings (SSSR count). The Hall–Kier alpha value is -2.92. The van der Waals surface area contributed by atoms with Crippen molar-refractivity contribution in [2.75, 3.05) is 13.1 Å². The fraction of sp³-hybridized carbons (Fsp3) is 0.308. The van der Waals surface area contributed by atoms with Crippen molar-refractivity contribution < 1.29 is 16.8 Å². The van der Waals surface area contributed by atoms with E-state index in [-0.39, 0.29) is 28.9 Å². The van der Waals surface area contributed by atoms with Crippen molar-refractivity contribution in [3.8, 4) is 0 Å². The molecule has 1 fully saturated rings. The highest BCUT2D eigenvalue weighted by Gasteiger charge is 2.33. The number of benzene rings is 2. The third-order valence-corrected chi connectivity index (χ3v) is 10.3. The Labute approximate surface area is 211 Å². The Kier molecular flexibility index (Phi) is 7.03. The Balaban J connectivity index is 1.44. The third kappa shape index (κ3) is 4.86. The lowest BCUT2D eigenvalue weighted by Crippen LogP contribution is -2.45. The smallest absolute Gasteiger partial charge is 0.243 e. The fourth-order valence-corrected chi connectivity index (χ4v) is 8.16. The minimum atomic E-state index is -3.88. The van der Waals surface area contributed by atoms with Crippen molar-refractivity contribution in [3.63, 3.8) is 0 Å². The van der Waals surface area contributed by atoms with Crippen LogP contribution in [-0.4, -0.2) is 50.2 Å². The molecule has 0 radical (unpaired) electrons. The molecule has 4 aromatic rings. The van der Waals surface area contributed by atoms with E-state index in [4.69, 9.17) is 0 Å². The van der Waals surface area contributed by atoms with Crippen molar-refractivity contribution in [1.82, 2.24) is 19.0 Å². The molecule has 2 aromatic carbocycles. The lowest BCUT2D eigenvalue weighted by molar-refractivity contribution is 0.256. The first-order chi connectivity index (χ1) is 17.4. The van der Waals surface area contributed by atoms with Crippen LogP contribution in [0.5, 0.6) is 0 Å². The van der Waals surface area contributed by atoms with Crippen LogP contribution >= 0.6 is 0 Å². The van der Waals surface area contributed by atoms with Crippen LogP contribution < -0.4 is 4.72 Å². The lowest BCUT2D eigenvalue weighted by atomic mass is 9.95. The summed E-state index contributed by atoms with van der Waals surface area (Å²) < 4.78 is 58.4. The van der Waals surface area contributed by atoms with Gasteiger partial charge in [0.05, 0.1) is 9.79 Å². The van der Waals surface area contributed by atoms with Crippen LogP contribution in [0.4, 0.5) is 0 Å². The second-order valence-electron chi connectivity index (χ2n) is 9.01. The summed E-state index contributed by atoms with van der Waals surface area (Å²) in [5, 5.41) is 2.64. The fourth-order valence-electron chi connectivity index (χ4n) is 5.01. The number of sulfonamides is 2. The van der Waals surface area contributed by atoms with Crippen molar-refractivity contribution in [2.24, 2.45) is 0 Å². The molecule has 1 saturated carbocycles. The van der Waals surface area contributed by atoms with E-state index in [1.165, 1.54) is 4.31 Å². The SMILES string of the molecule is O=S(=O)(NCCN(C1CCCCC1)S(=O)(=O)c1cccc2cnccc12)c1cccc2cnccc12. The van der Waals surface area contributed by atoms with Crippen LogP contribution in [-0.2, 0) is 20.0 Å². The van der Waals surface area contributed by atoms with Gasteiger partial charge in [0.25, 0.3) is 0 Å². The number of nitrogens with zero attached hydrogens (tertiary/aromatic N) is 3. The Morgan fingerprint density at radius 3 is 2.00 bits per heavy atom. The lowest BCUT2D eigenvalue weighted by Gasteiger charge is -2.33. The molecule has 2 aromatic heterocycles. The maximum atomic E-state index is 14.0. The summed E-state index contributed by atoms with van der Waals surface area (Å²) in [5.74, 6) is 0. The summed E-state index contributed by atoms with van der Waals surface area (Å²) in [6.45, 7) is 0.00583. The molecule has 188 valence electrons. The van der Waals surface area contributed by atoms with Gasteiger partial charge < -0.3 is 0 Å². The monoisotopic (exact) mass is 524 g/mol. The van der Waals surface area contributed by atoms with Crippen LogP contribution in [0.1, 0.15) is 32.1 Å². The molecule has 2 heterocycles. The molecule has 0 aliphatic heterocycles. The molecular weight excluding hydrogens is 496 g/mol. The van der Waals surface area contributed by atoms with E-state index in [1.54, 1.807) is 67.3 Å². The molecule has 0 saturated heterocycles. The van der Waals surface area contributed by atoms with Gasteiger partial charge in [0, 0.05) is 65.5 Å². The topological polar surface area (TPSA) is 109 Å². The maximum Gasteiger partial charge on any atom is 0.243 e. The van der Waals surface area contributed by atoms with E-state index in [9.17, 15) is 16.8 Å². The Morgan fingerprint density at radius 2 is 1.36 bits per heavy atom. The van der Waals surface area contributed by atoms with Crippen LogP contribution in [0.25, 0.3) is 21.5 Å². The maximum absolute atomic E-state index is 14.0. The van der Waals surface area contributed by atoms with Crippen molar-refractivity contribution in [2.45, 2.75) is 47.9 Å². The van der Waals surface area contributed by atoms with Crippen LogP contribution in [0.2, 0.25) is 0 Å². The van der Waals surface area contributed by atoms with Gasteiger partial charge in [-0.25, -0.2) is 21.6 Å². The average Bonchev–Trinajstić information content (AvgIpc) is 2.90. The molecular formula is C26H28N4O4S2. The highest BCUT2D eigenvalue weighted by Crippen LogP contribution is 2.31. The summed E-state index contributed by atoms with van der Waals surface area (Å²) >= 11 is 0. The summed E-state index contributed by atoms with van der Waals surface area (Å²) in [5.41, 5.74) is 0. The van der Waals surface area contributed by atoms with Crippen LogP contribution in [0.3, 0.4) is 0 Å². The zero-order valence-corrected chi connectivity index (χ0v) is 21.4. The molecule has 0 bridgehead atoms. The molecule has 0 unspecified atom stereocenters. The molecule has 8 nitrogen and oxygen atoms in total. The summed E-state index contributed by atoms with van der Waals surface area (Å²) in [6, 6.07) is 13.4. The number of nitrogens with one attached hydrogen (secondary N) is 1. The second kappa shape index (κ2) is 10.2. The summed E-state index contributed by atoms with van der Waals surface area (Å²) in [7, 11) is -7.75. The van der Waals surface area contributed by atoms with E-state index in [0.29, 0.717) is 10.8 Å². The van der Waals surface area contributed by atoms with E-state index in [2.05, 4.69) is 14.7 Å². The van der Waals surface area contributed by atoms with Crippen molar-refractivity contribution in [3.05, 3.63) is 73.3 Å². The van der Waals surface area contributed by atoms with Gasteiger partial charge in [-0.2, -0.15) is 4.31 Å². The zero-order valence-electron chi connectivity index (χ0n) is 19.7. The molecule has 36 heavy (non-hydrogen) atoms. The third-order valence-electron chi connectivity index (χ3n) is 6.76. The van der Waals surface area contributed by atoms with Gasteiger partial charge in [-0.05, 0) is 37.1 Å². The molecule has 10 heteroatoms. The van der Waals surface area contributed by atoms with E-state index >= 15 is 0 Å². The first-order valence-electron chi connectivity index (χ1n) is 12.0. The molecule has 0 amide bonds. The van der Waals surface area contributed by atoms with E-state index < -0.39 is 20.0 Å². The van der Waals surface area contributed by atoms with E-state index in [0.717, 1.165) is 42.9 Å². The molecule has 1 aliphatic rings. The minimum absolute atomic E-state index is 0.0359. The predicted molar refractivity (Wildman–Crippen MR) is 139 cm³/mol. The highest BCUT2D eigenvalue weighted by atomic mass is 32.2. The molecule has 1 aliphatic carbocycles. The number of rotatable bonds is 8. The van der Waals surface area contributed by atoms with Gasteiger partial charge in [-0.15, -0.1) is 0 Å². The number of hydrogen-bond acceptors (Lipinski definition) is 6. The first-order valence-corrected chi connectivity index (χ1v) is 15.0. The quantitative estimate of drug-likeness (QED) is 0.372. The van der Waals surface area contributed by atoms with Gasteiger partial charge in [-0.1, -0.05) is 43.5 Å². The number of aromatic nitrogens is 2. The standard InChI is InChI=1S/C26H28N4O4S2/c31-35(32,25-10-4-6-20-18-27-14-12-23(20)25)29-16-17-30(22-8-2-1-3-9-22)36(33,34)26-11-5-7-21-19-28-15-13-24(21)26/h4-7,10-15,18-19,22,29H,1-3,8-9,16-17H2. The molecule has 1 N–H and O–H groups in total. The largest absolute Gasteiger partial charge is 0.264 e. The van der Waals surface area contributed by atoms with Gasteiger partial charge >= 0.3 is 0 Å². The summed E-state index contributed by atoms with van der Waals surface area (Å²) in [6.07, 6.45) is 10.9. The summed E-state index contributed by atoms with van der Waals surface area (Å²) in [4.78, 5) is 8.54. The number of hydrogen-bond donors (Lipinski definition) is 1. The minimum Gasteiger partial charge on any atom is -0.264 e. The van der Waals surface area contributed by atoms with Gasteiger partial charge in [0.1, 0.15) is 0 Å². The average molecular weight is 525 g/mol. The molecule has 0 atom stereocenters. The predicted octanol–water partition coefficient (Wildman–Crippen LogP) is 4.08. The normalized spacial score (nSPS) is 15.6. The van der Waals surface area contributed by atoms with Crippen molar-refractivity contribution in [1.29, 1.82) is 0 Å². The van der Waals surface area contributed by atoms with Crippen molar-refractivity contribution >= 4 is 41.6 Å². The van der Waals surface area contributed by atoms with E-state index in [1.807, 2.05) is 6.07 Å². The second-order valence-corrected chi connectivity index (χ2v) is 12.6. The van der Waals surface area contributed by atoms with Crippen LogP contribution in [0.15, 0.2) is 83.1 Å². The van der Waals surface area contributed by atoms with Crippen LogP contribution in [0, 0.1) is 0 Å². The van der Waals surface area contributed by atoms with Gasteiger partial charge in [-0.3, -0.25) is 9.97 Å². The number of pyridine rings is 2. The molecule has 0 spiro atoms. The zero-order chi connectivity index (χ0) is 25.2. The van der Waals surface area contributed by atoms with Gasteiger partial charge in [0.2, 0.25) is 20.0 Å².